The number of halogens is 1. The SMILES string of the molecule is OCC1(CBr)COC(c2ccccc2)OC1. The second kappa shape index (κ2) is 5.27. The first-order valence-corrected chi connectivity index (χ1v) is 6.37. The van der Waals surface area contributed by atoms with E-state index in [-0.39, 0.29) is 18.3 Å². The van der Waals surface area contributed by atoms with Crippen molar-refractivity contribution in [2.45, 2.75) is 6.29 Å². The summed E-state index contributed by atoms with van der Waals surface area (Å²) in [6.45, 7) is 1.09. The topological polar surface area (TPSA) is 38.7 Å². The molecule has 88 valence electrons. The molecule has 1 N–H and O–H groups in total. The van der Waals surface area contributed by atoms with Crippen molar-refractivity contribution in [1.29, 1.82) is 0 Å². The highest BCUT2D eigenvalue weighted by Crippen LogP contribution is 2.32. The molecule has 3 nitrogen and oxygen atoms in total. The highest BCUT2D eigenvalue weighted by Gasteiger charge is 2.36. The van der Waals surface area contributed by atoms with Crippen molar-refractivity contribution in [2.75, 3.05) is 25.2 Å². The molecule has 1 heterocycles. The van der Waals surface area contributed by atoms with Gasteiger partial charge in [0.1, 0.15) is 0 Å². The number of ether oxygens (including phenoxy) is 2. The number of aliphatic hydroxyl groups is 1. The van der Waals surface area contributed by atoms with Gasteiger partial charge in [0.05, 0.1) is 25.2 Å². The Bertz CT molecular complexity index is 314. The summed E-state index contributed by atoms with van der Waals surface area (Å²) >= 11 is 3.38. The number of aliphatic hydroxyl groups excluding tert-OH is 1. The summed E-state index contributed by atoms with van der Waals surface area (Å²) in [6.07, 6.45) is -0.306. The van der Waals surface area contributed by atoms with Crippen LogP contribution in [0.3, 0.4) is 0 Å². The second-order valence-electron chi connectivity index (χ2n) is 4.16. The van der Waals surface area contributed by atoms with Crippen molar-refractivity contribution >= 4 is 15.9 Å². The molecule has 1 aliphatic heterocycles. The molecule has 1 saturated heterocycles. The first-order chi connectivity index (χ1) is 7.79. The van der Waals surface area contributed by atoms with Crippen molar-refractivity contribution < 1.29 is 14.6 Å². The largest absolute Gasteiger partial charge is 0.396 e. The third kappa shape index (κ3) is 2.46. The van der Waals surface area contributed by atoms with E-state index in [9.17, 15) is 5.11 Å². The van der Waals surface area contributed by atoms with Gasteiger partial charge in [-0.2, -0.15) is 0 Å². The van der Waals surface area contributed by atoms with E-state index in [2.05, 4.69) is 15.9 Å². The molecule has 1 aromatic carbocycles. The molecule has 16 heavy (non-hydrogen) atoms. The first-order valence-electron chi connectivity index (χ1n) is 5.25. The Morgan fingerprint density at radius 1 is 1.25 bits per heavy atom. The Kier molecular flexibility index (Phi) is 3.97. The van der Waals surface area contributed by atoms with Crippen molar-refractivity contribution in [1.82, 2.24) is 0 Å². The van der Waals surface area contributed by atoms with Gasteiger partial charge < -0.3 is 14.6 Å². The van der Waals surface area contributed by atoms with E-state index in [4.69, 9.17) is 9.47 Å². The van der Waals surface area contributed by atoms with Crippen LogP contribution in [0, 0.1) is 5.41 Å². The van der Waals surface area contributed by atoms with Crippen molar-refractivity contribution in [3.8, 4) is 0 Å². The molecule has 0 radical (unpaired) electrons. The zero-order valence-corrected chi connectivity index (χ0v) is 10.5. The molecule has 1 fully saturated rings. The number of hydrogen-bond donors (Lipinski definition) is 1. The summed E-state index contributed by atoms with van der Waals surface area (Å²) in [5.74, 6) is 0. The van der Waals surface area contributed by atoms with E-state index in [0.29, 0.717) is 18.5 Å². The van der Waals surface area contributed by atoms with E-state index in [1.54, 1.807) is 0 Å². The Hall–Kier alpha value is -0.420. The lowest BCUT2D eigenvalue weighted by molar-refractivity contribution is -0.235. The van der Waals surface area contributed by atoms with E-state index in [1.807, 2.05) is 30.3 Å². The van der Waals surface area contributed by atoms with Crippen LogP contribution in [0.4, 0.5) is 0 Å². The predicted octanol–water partition coefficient (Wildman–Crippen LogP) is 2.11. The minimum Gasteiger partial charge on any atom is -0.396 e. The average molecular weight is 287 g/mol. The monoisotopic (exact) mass is 286 g/mol. The second-order valence-corrected chi connectivity index (χ2v) is 4.72. The lowest BCUT2D eigenvalue weighted by atomic mass is 9.93. The van der Waals surface area contributed by atoms with Gasteiger partial charge in [-0.3, -0.25) is 0 Å². The maximum atomic E-state index is 9.31. The number of hydrogen-bond acceptors (Lipinski definition) is 3. The minimum atomic E-state index is -0.306. The van der Waals surface area contributed by atoms with Gasteiger partial charge in [0.15, 0.2) is 6.29 Å². The summed E-state index contributed by atoms with van der Waals surface area (Å²) in [5.41, 5.74) is 0.717. The lowest BCUT2D eigenvalue weighted by Crippen LogP contribution is -2.43. The van der Waals surface area contributed by atoms with Crippen LogP contribution in [-0.4, -0.2) is 30.3 Å². The smallest absolute Gasteiger partial charge is 0.183 e. The van der Waals surface area contributed by atoms with Gasteiger partial charge in [-0.1, -0.05) is 46.3 Å². The fourth-order valence-electron chi connectivity index (χ4n) is 1.61. The molecule has 1 aromatic rings. The molecule has 2 rings (SSSR count). The molecule has 0 amide bonds. The molecular formula is C12H15BrO3. The van der Waals surface area contributed by atoms with E-state index in [0.717, 1.165) is 5.56 Å². The molecule has 1 aliphatic rings. The number of benzene rings is 1. The maximum absolute atomic E-state index is 9.31. The highest BCUT2D eigenvalue weighted by molar-refractivity contribution is 9.09. The Morgan fingerprint density at radius 3 is 2.38 bits per heavy atom. The standard InChI is InChI=1S/C12H15BrO3/c13-6-12(7-14)8-15-11(16-9-12)10-4-2-1-3-5-10/h1-5,11,14H,6-9H2. The van der Waals surface area contributed by atoms with Gasteiger partial charge in [0.2, 0.25) is 0 Å². The van der Waals surface area contributed by atoms with Crippen molar-refractivity contribution in [3.05, 3.63) is 35.9 Å². The fourth-order valence-corrected chi connectivity index (χ4v) is 2.11. The Labute approximate surface area is 104 Å². The van der Waals surface area contributed by atoms with E-state index in [1.165, 1.54) is 0 Å². The predicted molar refractivity (Wildman–Crippen MR) is 64.4 cm³/mol. The normalized spacial score (nSPS) is 30.2. The van der Waals surface area contributed by atoms with Crippen LogP contribution < -0.4 is 0 Å². The van der Waals surface area contributed by atoms with Crippen LogP contribution in [0.25, 0.3) is 0 Å². The quantitative estimate of drug-likeness (QED) is 0.865. The molecule has 0 atom stereocenters. The molecule has 0 bridgehead atoms. The maximum Gasteiger partial charge on any atom is 0.183 e. The molecule has 0 spiro atoms. The fraction of sp³-hybridized carbons (Fsp3) is 0.500. The third-order valence-electron chi connectivity index (χ3n) is 2.77. The highest BCUT2D eigenvalue weighted by atomic mass is 79.9. The molecule has 0 aliphatic carbocycles. The summed E-state index contributed by atoms with van der Waals surface area (Å²) in [4.78, 5) is 0. The van der Waals surface area contributed by atoms with E-state index >= 15 is 0 Å². The van der Waals surface area contributed by atoms with Crippen LogP contribution in [0.15, 0.2) is 30.3 Å². The summed E-state index contributed by atoms with van der Waals surface area (Å²) in [6, 6.07) is 9.83. The van der Waals surface area contributed by atoms with Crippen LogP contribution in [0.1, 0.15) is 11.9 Å². The van der Waals surface area contributed by atoms with Crippen molar-refractivity contribution in [3.63, 3.8) is 0 Å². The average Bonchev–Trinajstić information content (AvgIpc) is 2.40. The zero-order valence-electron chi connectivity index (χ0n) is 8.93. The zero-order chi connectivity index (χ0) is 11.4. The molecule has 0 unspecified atom stereocenters. The number of rotatable bonds is 3. The minimum absolute atomic E-state index is 0.0692. The van der Waals surface area contributed by atoms with Crippen LogP contribution in [0.2, 0.25) is 0 Å². The molecule has 0 saturated carbocycles. The van der Waals surface area contributed by atoms with Crippen molar-refractivity contribution in [2.24, 2.45) is 5.41 Å². The number of alkyl halides is 1. The van der Waals surface area contributed by atoms with Crippen LogP contribution in [0.5, 0.6) is 0 Å². The van der Waals surface area contributed by atoms with Gasteiger partial charge in [0.25, 0.3) is 0 Å². The van der Waals surface area contributed by atoms with Crippen LogP contribution >= 0.6 is 15.9 Å². The van der Waals surface area contributed by atoms with Gasteiger partial charge in [-0.05, 0) is 0 Å². The van der Waals surface area contributed by atoms with E-state index < -0.39 is 0 Å². The molecule has 4 heteroatoms. The van der Waals surface area contributed by atoms with Gasteiger partial charge >= 0.3 is 0 Å². The lowest BCUT2D eigenvalue weighted by Gasteiger charge is -2.37. The Morgan fingerprint density at radius 2 is 1.88 bits per heavy atom. The third-order valence-corrected chi connectivity index (χ3v) is 3.96. The summed E-state index contributed by atoms with van der Waals surface area (Å²) in [5, 5.41) is 9.99. The summed E-state index contributed by atoms with van der Waals surface area (Å²) < 4.78 is 11.3. The van der Waals surface area contributed by atoms with Gasteiger partial charge in [-0.25, -0.2) is 0 Å². The van der Waals surface area contributed by atoms with Gasteiger partial charge in [-0.15, -0.1) is 0 Å². The van der Waals surface area contributed by atoms with Gasteiger partial charge in [0, 0.05) is 10.9 Å². The molecular weight excluding hydrogens is 272 g/mol. The summed E-state index contributed by atoms with van der Waals surface area (Å²) in [7, 11) is 0. The van der Waals surface area contributed by atoms with Crippen LogP contribution in [-0.2, 0) is 9.47 Å². The molecule has 0 aromatic heterocycles. The first kappa shape index (κ1) is 12.0. The Balaban J connectivity index is 2.00.